The van der Waals surface area contributed by atoms with E-state index in [1.54, 1.807) is 18.2 Å². The standard InChI is InChI=1S/C26H28ClFN4O4/c1-26(2,3)16-5-7-19(27)22(13-16)31-25(34)30-21-8-6-17(14-20(21)28)36-18-9-11-29-23(15-18)32-24(33)10-12-35-4/h5-9,11,13-15H,10,12H2,1-4H3,(H,29,32,33)(H2,30,31,34). The molecular weight excluding hydrogens is 487 g/mol. The number of carbonyl (C=O) groups is 2. The van der Waals surface area contributed by atoms with E-state index in [0.717, 1.165) is 11.6 Å². The summed E-state index contributed by atoms with van der Waals surface area (Å²) in [6, 6.07) is 11.9. The zero-order chi connectivity index (χ0) is 26.3. The predicted molar refractivity (Wildman–Crippen MR) is 139 cm³/mol. The molecule has 0 radical (unpaired) electrons. The van der Waals surface area contributed by atoms with E-state index >= 15 is 0 Å². The van der Waals surface area contributed by atoms with Crippen LogP contribution < -0.4 is 20.7 Å². The van der Waals surface area contributed by atoms with Crippen LogP contribution >= 0.6 is 11.6 Å². The van der Waals surface area contributed by atoms with Gasteiger partial charge in [0.05, 0.1) is 29.4 Å². The summed E-state index contributed by atoms with van der Waals surface area (Å²) < 4.78 is 25.2. The summed E-state index contributed by atoms with van der Waals surface area (Å²) in [6.45, 7) is 6.43. The van der Waals surface area contributed by atoms with Crippen molar-refractivity contribution in [1.82, 2.24) is 4.98 Å². The molecule has 0 saturated heterocycles. The molecule has 1 heterocycles. The summed E-state index contributed by atoms with van der Waals surface area (Å²) in [6.07, 6.45) is 1.64. The number of nitrogens with zero attached hydrogens (tertiary/aromatic N) is 1. The number of rotatable bonds is 8. The Kier molecular flexibility index (Phi) is 8.84. The van der Waals surface area contributed by atoms with Crippen LogP contribution in [-0.2, 0) is 14.9 Å². The first-order valence-corrected chi connectivity index (χ1v) is 11.5. The van der Waals surface area contributed by atoms with E-state index in [1.807, 2.05) is 26.8 Å². The molecule has 3 aromatic rings. The lowest BCUT2D eigenvalue weighted by Gasteiger charge is -2.20. The molecule has 0 unspecified atom stereocenters. The van der Waals surface area contributed by atoms with E-state index in [-0.39, 0.29) is 35.8 Å². The molecule has 0 fully saturated rings. The SMILES string of the molecule is COCCC(=O)Nc1cc(Oc2ccc(NC(=O)Nc3cc(C(C)(C)C)ccc3Cl)c(F)c2)ccn1. The second kappa shape index (κ2) is 11.8. The fourth-order valence-electron chi connectivity index (χ4n) is 3.10. The smallest absolute Gasteiger partial charge is 0.323 e. The number of methoxy groups -OCH3 is 1. The summed E-state index contributed by atoms with van der Waals surface area (Å²) in [4.78, 5) is 28.4. The Morgan fingerprint density at radius 1 is 0.972 bits per heavy atom. The Bertz CT molecular complexity index is 1250. The number of benzene rings is 2. The lowest BCUT2D eigenvalue weighted by atomic mass is 9.87. The number of aromatic nitrogens is 1. The Labute approximate surface area is 214 Å². The molecule has 1 aromatic heterocycles. The summed E-state index contributed by atoms with van der Waals surface area (Å²) in [5.74, 6) is -0.120. The van der Waals surface area contributed by atoms with Gasteiger partial charge in [-0.15, -0.1) is 0 Å². The summed E-state index contributed by atoms with van der Waals surface area (Å²) in [5.41, 5.74) is 1.24. The maximum absolute atomic E-state index is 14.7. The zero-order valence-corrected chi connectivity index (χ0v) is 21.2. The van der Waals surface area contributed by atoms with E-state index in [4.69, 9.17) is 21.1 Å². The molecule has 2 aromatic carbocycles. The minimum absolute atomic E-state index is 0.0382. The van der Waals surface area contributed by atoms with Crippen LogP contribution in [0.4, 0.5) is 26.4 Å². The van der Waals surface area contributed by atoms with Crippen molar-refractivity contribution >= 4 is 40.7 Å². The third kappa shape index (κ3) is 7.66. The quantitative estimate of drug-likeness (QED) is 0.315. The Balaban J connectivity index is 1.64. The molecule has 0 aliphatic carbocycles. The van der Waals surface area contributed by atoms with Gasteiger partial charge in [-0.3, -0.25) is 4.79 Å². The van der Waals surface area contributed by atoms with Gasteiger partial charge in [-0.25, -0.2) is 14.2 Å². The van der Waals surface area contributed by atoms with Gasteiger partial charge in [-0.05, 0) is 41.3 Å². The van der Waals surface area contributed by atoms with Gasteiger partial charge in [-0.2, -0.15) is 0 Å². The Morgan fingerprint density at radius 2 is 1.69 bits per heavy atom. The normalized spacial score (nSPS) is 11.1. The van der Waals surface area contributed by atoms with Crippen molar-refractivity contribution in [3.8, 4) is 11.5 Å². The maximum atomic E-state index is 14.7. The lowest BCUT2D eigenvalue weighted by Crippen LogP contribution is -2.21. The molecule has 3 N–H and O–H groups in total. The van der Waals surface area contributed by atoms with Crippen molar-refractivity contribution in [1.29, 1.82) is 0 Å². The Morgan fingerprint density at radius 3 is 2.39 bits per heavy atom. The second-order valence-electron chi connectivity index (χ2n) is 8.94. The number of amides is 3. The molecule has 10 heteroatoms. The minimum atomic E-state index is -0.695. The van der Waals surface area contributed by atoms with Crippen LogP contribution in [0, 0.1) is 5.82 Å². The maximum Gasteiger partial charge on any atom is 0.323 e. The van der Waals surface area contributed by atoms with Crippen molar-refractivity contribution in [2.24, 2.45) is 0 Å². The van der Waals surface area contributed by atoms with Gasteiger partial charge >= 0.3 is 6.03 Å². The van der Waals surface area contributed by atoms with Crippen LogP contribution in [0.25, 0.3) is 0 Å². The Hall–Kier alpha value is -3.69. The molecule has 0 bridgehead atoms. The average molecular weight is 515 g/mol. The number of halogens is 2. The van der Waals surface area contributed by atoms with Crippen LogP contribution in [-0.4, -0.2) is 30.6 Å². The fraction of sp³-hybridized carbons (Fsp3) is 0.269. The van der Waals surface area contributed by atoms with Crippen LogP contribution in [0.5, 0.6) is 11.5 Å². The lowest BCUT2D eigenvalue weighted by molar-refractivity contribution is -0.117. The number of hydrogen-bond acceptors (Lipinski definition) is 5. The highest BCUT2D eigenvalue weighted by atomic mass is 35.5. The fourth-order valence-corrected chi connectivity index (χ4v) is 3.27. The van der Waals surface area contributed by atoms with Crippen molar-refractivity contribution < 1.29 is 23.5 Å². The molecule has 0 spiro atoms. The highest BCUT2D eigenvalue weighted by molar-refractivity contribution is 6.33. The molecular formula is C26H28ClFN4O4. The third-order valence-corrected chi connectivity index (χ3v) is 5.37. The molecule has 0 saturated carbocycles. The topological polar surface area (TPSA) is 102 Å². The molecule has 0 aliphatic heterocycles. The van der Waals surface area contributed by atoms with Gasteiger partial charge in [0.1, 0.15) is 23.1 Å². The first kappa shape index (κ1) is 26.9. The van der Waals surface area contributed by atoms with E-state index in [2.05, 4.69) is 20.9 Å². The molecule has 190 valence electrons. The van der Waals surface area contributed by atoms with Gasteiger partial charge < -0.3 is 25.4 Å². The zero-order valence-electron chi connectivity index (χ0n) is 20.4. The van der Waals surface area contributed by atoms with Crippen molar-refractivity contribution in [2.45, 2.75) is 32.6 Å². The van der Waals surface area contributed by atoms with Crippen molar-refractivity contribution in [3.63, 3.8) is 0 Å². The average Bonchev–Trinajstić information content (AvgIpc) is 2.80. The number of ether oxygens (including phenoxy) is 2. The second-order valence-corrected chi connectivity index (χ2v) is 9.34. The van der Waals surface area contributed by atoms with Crippen LogP contribution in [0.2, 0.25) is 5.02 Å². The van der Waals surface area contributed by atoms with Gasteiger partial charge in [0.2, 0.25) is 5.91 Å². The number of carbonyl (C=O) groups excluding carboxylic acids is 2. The minimum Gasteiger partial charge on any atom is -0.457 e. The number of pyridine rings is 1. The van der Waals surface area contributed by atoms with Gasteiger partial charge in [0.15, 0.2) is 0 Å². The van der Waals surface area contributed by atoms with Gasteiger partial charge in [0.25, 0.3) is 0 Å². The third-order valence-electron chi connectivity index (χ3n) is 5.04. The number of hydrogen-bond donors (Lipinski definition) is 3. The summed E-state index contributed by atoms with van der Waals surface area (Å²) in [5, 5.41) is 8.14. The monoisotopic (exact) mass is 514 g/mol. The molecule has 0 aliphatic rings. The van der Waals surface area contributed by atoms with E-state index < -0.39 is 11.8 Å². The van der Waals surface area contributed by atoms with Crippen LogP contribution in [0.3, 0.4) is 0 Å². The van der Waals surface area contributed by atoms with E-state index in [0.29, 0.717) is 22.3 Å². The molecule has 8 nitrogen and oxygen atoms in total. The number of urea groups is 1. The first-order chi connectivity index (χ1) is 17.0. The molecule has 3 amide bonds. The molecule has 0 atom stereocenters. The summed E-state index contributed by atoms with van der Waals surface area (Å²) >= 11 is 6.22. The number of nitrogens with one attached hydrogen (secondary N) is 3. The van der Waals surface area contributed by atoms with Crippen molar-refractivity contribution in [2.75, 3.05) is 29.7 Å². The predicted octanol–water partition coefficient (Wildman–Crippen LogP) is 6.58. The van der Waals surface area contributed by atoms with Gasteiger partial charge in [-0.1, -0.05) is 38.4 Å². The molecule has 3 rings (SSSR count). The van der Waals surface area contributed by atoms with Crippen LogP contribution in [0.1, 0.15) is 32.8 Å². The van der Waals surface area contributed by atoms with E-state index in [1.165, 1.54) is 31.5 Å². The highest BCUT2D eigenvalue weighted by Gasteiger charge is 2.17. The summed E-state index contributed by atoms with van der Waals surface area (Å²) in [7, 11) is 1.51. The van der Waals surface area contributed by atoms with Crippen molar-refractivity contribution in [3.05, 3.63) is 71.1 Å². The number of anilines is 3. The van der Waals surface area contributed by atoms with Gasteiger partial charge in [0, 0.05) is 25.4 Å². The first-order valence-electron chi connectivity index (χ1n) is 11.2. The van der Waals surface area contributed by atoms with E-state index in [9.17, 15) is 14.0 Å². The highest BCUT2D eigenvalue weighted by Crippen LogP contribution is 2.30. The molecule has 36 heavy (non-hydrogen) atoms. The van der Waals surface area contributed by atoms with Crippen LogP contribution in [0.15, 0.2) is 54.7 Å². The largest absolute Gasteiger partial charge is 0.457 e.